The monoisotopic (exact) mass is 313 g/mol. The van der Waals surface area contributed by atoms with Crippen molar-refractivity contribution < 1.29 is 27.9 Å². The number of carbonyl (C=O) groups is 2. The van der Waals surface area contributed by atoms with E-state index in [0.717, 1.165) is 6.07 Å². The van der Waals surface area contributed by atoms with Crippen LogP contribution in [0.25, 0.3) is 0 Å². The largest absolute Gasteiger partial charge is 0.478 e. The smallest absolute Gasteiger partial charge is 0.335 e. The molecule has 1 aliphatic heterocycles. The van der Waals surface area contributed by atoms with Gasteiger partial charge in [-0.15, -0.1) is 0 Å². The number of hydrogen-bond donors (Lipinski definition) is 1. The molecule has 0 radical (unpaired) electrons. The molecule has 1 fully saturated rings. The van der Waals surface area contributed by atoms with E-state index in [1.165, 1.54) is 23.1 Å². The van der Waals surface area contributed by atoms with Gasteiger partial charge < -0.3 is 14.7 Å². The summed E-state index contributed by atoms with van der Waals surface area (Å²) in [4.78, 5) is 24.1. The van der Waals surface area contributed by atoms with Crippen molar-refractivity contribution >= 4 is 21.7 Å². The lowest BCUT2D eigenvalue weighted by molar-refractivity contribution is -0.132. The number of morpholine rings is 1. The molecule has 0 aliphatic carbocycles. The SMILES string of the molecule is O=C(O)c1cccc(S(=O)(=O)CC(=O)N2CCOCC2)c1. The quantitative estimate of drug-likeness (QED) is 0.841. The zero-order chi connectivity index (χ0) is 15.5. The topological polar surface area (TPSA) is 101 Å². The standard InChI is InChI=1S/C13H15NO6S/c15-12(14-4-6-20-7-5-14)9-21(18,19)11-3-1-2-10(8-11)13(16)17/h1-3,8H,4-7,9H2,(H,16,17). The third-order valence-corrected chi connectivity index (χ3v) is 4.72. The molecule has 2 rings (SSSR count). The summed E-state index contributed by atoms with van der Waals surface area (Å²) in [6.45, 7) is 1.51. The first-order valence-corrected chi connectivity index (χ1v) is 7.97. The van der Waals surface area contributed by atoms with Gasteiger partial charge in [0.1, 0.15) is 5.75 Å². The van der Waals surface area contributed by atoms with E-state index in [1.54, 1.807) is 0 Å². The third-order valence-electron chi connectivity index (χ3n) is 3.12. The first-order valence-electron chi connectivity index (χ1n) is 6.32. The average molecular weight is 313 g/mol. The van der Waals surface area contributed by atoms with Crippen LogP contribution in [0.3, 0.4) is 0 Å². The molecule has 0 bridgehead atoms. The number of nitrogens with zero attached hydrogens (tertiary/aromatic N) is 1. The fourth-order valence-electron chi connectivity index (χ4n) is 1.97. The summed E-state index contributed by atoms with van der Waals surface area (Å²) in [7, 11) is -3.86. The molecular weight excluding hydrogens is 298 g/mol. The van der Waals surface area contributed by atoms with Crippen LogP contribution in [0.1, 0.15) is 10.4 Å². The molecule has 1 heterocycles. The van der Waals surface area contributed by atoms with Crippen molar-refractivity contribution in [1.82, 2.24) is 4.90 Å². The van der Waals surface area contributed by atoms with E-state index in [-0.39, 0.29) is 10.5 Å². The number of hydrogen-bond acceptors (Lipinski definition) is 5. The molecule has 1 aromatic carbocycles. The van der Waals surface area contributed by atoms with Crippen LogP contribution >= 0.6 is 0 Å². The van der Waals surface area contributed by atoms with Crippen LogP contribution in [0.4, 0.5) is 0 Å². The van der Waals surface area contributed by atoms with E-state index in [2.05, 4.69) is 0 Å². The van der Waals surface area contributed by atoms with Gasteiger partial charge in [0, 0.05) is 13.1 Å². The summed E-state index contributed by atoms with van der Waals surface area (Å²) in [5.41, 5.74) is -0.130. The van der Waals surface area contributed by atoms with Crippen LogP contribution in [0.5, 0.6) is 0 Å². The van der Waals surface area contributed by atoms with Crippen molar-refractivity contribution in [2.24, 2.45) is 0 Å². The summed E-state index contributed by atoms with van der Waals surface area (Å²) in [6, 6.07) is 4.99. The Balaban J connectivity index is 2.16. The number of aromatic carboxylic acids is 1. The molecule has 0 spiro atoms. The highest BCUT2D eigenvalue weighted by atomic mass is 32.2. The van der Waals surface area contributed by atoms with Gasteiger partial charge in [0.25, 0.3) is 0 Å². The molecule has 1 amide bonds. The van der Waals surface area contributed by atoms with Gasteiger partial charge in [-0.25, -0.2) is 13.2 Å². The van der Waals surface area contributed by atoms with Gasteiger partial charge in [-0.1, -0.05) is 6.07 Å². The summed E-state index contributed by atoms with van der Waals surface area (Å²) >= 11 is 0. The minimum absolute atomic E-state index is 0.130. The molecule has 114 valence electrons. The lowest BCUT2D eigenvalue weighted by Gasteiger charge is -2.26. The van der Waals surface area contributed by atoms with Crippen molar-refractivity contribution in [2.75, 3.05) is 32.1 Å². The fourth-order valence-corrected chi connectivity index (χ4v) is 3.24. The van der Waals surface area contributed by atoms with Gasteiger partial charge >= 0.3 is 5.97 Å². The van der Waals surface area contributed by atoms with Gasteiger partial charge in [-0.3, -0.25) is 4.79 Å². The maximum absolute atomic E-state index is 12.2. The van der Waals surface area contributed by atoms with Gasteiger partial charge in [0.2, 0.25) is 5.91 Å². The number of carboxylic acid groups (broad SMARTS) is 1. The van der Waals surface area contributed by atoms with Crippen LogP contribution in [-0.2, 0) is 19.4 Å². The Labute approximate surface area is 122 Å². The second-order valence-corrected chi connectivity index (χ2v) is 6.57. The Morgan fingerprint density at radius 3 is 2.52 bits per heavy atom. The number of benzene rings is 1. The Hall–Kier alpha value is -1.93. The first-order chi connectivity index (χ1) is 9.90. The van der Waals surface area contributed by atoms with E-state index in [4.69, 9.17) is 9.84 Å². The van der Waals surface area contributed by atoms with Crippen molar-refractivity contribution in [2.45, 2.75) is 4.90 Å². The van der Waals surface area contributed by atoms with Gasteiger partial charge in [-0.05, 0) is 18.2 Å². The second-order valence-electron chi connectivity index (χ2n) is 4.59. The van der Waals surface area contributed by atoms with Crippen LogP contribution in [0, 0.1) is 0 Å². The highest BCUT2D eigenvalue weighted by molar-refractivity contribution is 7.92. The van der Waals surface area contributed by atoms with E-state index in [0.29, 0.717) is 26.3 Å². The van der Waals surface area contributed by atoms with E-state index < -0.39 is 27.5 Å². The van der Waals surface area contributed by atoms with Gasteiger partial charge in [0.15, 0.2) is 9.84 Å². The van der Waals surface area contributed by atoms with Crippen molar-refractivity contribution in [3.8, 4) is 0 Å². The predicted molar refractivity (Wildman–Crippen MR) is 72.9 cm³/mol. The van der Waals surface area contributed by atoms with Crippen molar-refractivity contribution in [3.63, 3.8) is 0 Å². The second kappa shape index (κ2) is 6.23. The van der Waals surface area contributed by atoms with Crippen molar-refractivity contribution in [1.29, 1.82) is 0 Å². The number of ether oxygens (including phenoxy) is 1. The minimum atomic E-state index is -3.86. The molecule has 21 heavy (non-hydrogen) atoms. The number of carboxylic acids is 1. The normalized spacial score (nSPS) is 15.7. The molecule has 0 saturated carbocycles. The van der Waals surface area contributed by atoms with Gasteiger partial charge in [-0.2, -0.15) is 0 Å². The lowest BCUT2D eigenvalue weighted by atomic mass is 10.2. The number of carbonyl (C=O) groups excluding carboxylic acids is 1. The highest BCUT2D eigenvalue weighted by Gasteiger charge is 2.25. The third kappa shape index (κ3) is 3.79. The van der Waals surface area contributed by atoms with Crippen LogP contribution < -0.4 is 0 Å². The maximum Gasteiger partial charge on any atom is 0.335 e. The average Bonchev–Trinajstić information content (AvgIpc) is 2.48. The first kappa shape index (κ1) is 15.5. The molecule has 8 heteroatoms. The summed E-state index contributed by atoms with van der Waals surface area (Å²) in [6.07, 6.45) is 0. The van der Waals surface area contributed by atoms with Crippen molar-refractivity contribution in [3.05, 3.63) is 29.8 Å². The van der Waals surface area contributed by atoms with Crippen LogP contribution in [0.2, 0.25) is 0 Å². The number of sulfone groups is 1. The highest BCUT2D eigenvalue weighted by Crippen LogP contribution is 2.14. The predicted octanol–water partition coefficient (Wildman–Crippen LogP) is 0.0173. The summed E-state index contributed by atoms with van der Waals surface area (Å²) in [5, 5.41) is 8.88. The molecule has 1 aliphatic rings. The molecule has 1 N–H and O–H groups in total. The summed E-state index contributed by atoms with van der Waals surface area (Å²) < 4.78 is 29.5. The molecule has 0 aromatic heterocycles. The Bertz CT molecular complexity index is 648. The molecule has 0 unspecified atom stereocenters. The lowest BCUT2D eigenvalue weighted by Crippen LogP contribution is -2.43. The van der Waals surface area contributed by atoms with Crippen LogP contribution in [-0.4, -0.2) is 62.4 Å². The Morgan fingerprint density at radius 2 is 1.90 bits per heavy atom. The minimum Gasteiger partial charge on any atom is -0.478 e. The Morgan fingerprint density at radius 1 is 1.24 bits per heavy atom. The van der Waals surface area contributed by atoms with Gasteiger partial charge in [0.05, 0.1) is 23.7 Å². The molecule has 0 atom stereocenters. The van der Waals surface area contributed by atoms with Crippen LogP contribution in [0.15, 0.2) is 29.2 Å². The fraction of sp³-hybridized carbons (Fsp3) is 0.385. The maximum atomic E-state index is 12.2. The molecule has 7 nitrogen and oxygen atoms in total. The Kier molecular flexibility index (Phi) is 4.59. The molecule has 1 aromatic rings. The molecular formula is C13H15NO6S. The zero-order valence-corrected chi connectivity index (χ0v) is 12.0. The zero-order valence-electron chi connectivity index (χ0n) is 11.2. The van der Waals surface area contributed by atoms with E-state index in [9.17, 15) is 18.0 Å². The van der Waals surface area contributed by atoms with E-state index in [1.807, 2.05) is 0 Å². The number of rotatable bonds is 4. The molecule has 1 saturated heterocycles. The van der Waals surface area contributed by atoms with E-state index >= 15 is 0 Å². The summed E-state index contributed by atoms with van der Waals surface area (Å²) in [5.74, 6) is -2.39. The number of amides is 1.